The molecule has 1 saturated heterocycles. The molecule has 0 aromatic heterocycles. The third-order valence-electron chi connectivity index (χ3n) is 5.74. The van der Waals surface area contributed by atoms with Crippen molar-refractivity contribution in [2.24, 2.45) is 0 Å². The van der Waals surface area contributed by atoms with Gasteiger partial charge in [0.15, 0.2) is 0 Å². The van der Waals surface area contributed by atoms with Gasteiger partial charge in [-0.2, -0.15) is 0 Å². The van der Waals surface area contributed by atoms with Crippen molar-refractivity contribution in [3.05, 3.63) is 64.7 Å². The molecule has 0 spiro atoms. The standard InChI is InChI=1S/C26H32N2O5/c1-6-33-19-10-8-18(9-11-19)23-22(24(29)21-13-12-20(32-5)16-17(21)2)25(30)26(31)28(23)15-7-14-27(3)4/h8-13,16,23,29H,6-7,14-15H2,1-5H3/b24-22+/t23-/m1/s1. The van der Waals surface area contributed by atoms with E-state index in [0.717, 1.165) is 17.7 Å². The van der Waals surface area contributed by atoms with Gasteiger partial charge in [-0.05, 0) is 82.4 Å². The lowest BCUT2D eigenvalue weighted by Crippen LogP contribution is -2.32. The molecular weight excluding hydrogens is 420 g/mol. The van der Waals surface area contributed by atoms with Crippen LogP contribution in [0, 0.1) is 6.92 Å². The molecule has 1 aliphatic rings. The summed E-state index contributed by atoms with van der Waals surface area (Å²) in [4.78, 5) is 29.8. The fourth-order valence-corrected chi connectivity index (χ4v) is 4.10. The van der Waals surface area contributed by atoms with Gasteiger partial charge < -0.3 is 24.4 Å². The second-order valence-corrected chi connectivity index (χ2v) is 8.33. The summed E-state index contributed by atoms with van der Waals surface area (Å²) in [5.41, 5.74) is 2.09. The van der Waals surface area contributed by atoms with Crippen LogP contribution in [0.25, 0.3) is 5.76 Å². The minimum Gasteiger partial charge on any atom is -0.507 e. The first-order chi connectivity index (χ1) is 15.8. The zero-order valence-electron chi connectivity index (χ0n) is 19.9. The maximum Gasteiger partial charge on any atom is 0.295 e. The number of ether oxygens (including phenoxy) is 2. The van der Waals surface area contributed by atoms with E-state index in [9.17, 15) is 14.7 Å². The summed E-state index contributed by atoms with van der Waals surface area (Å²) in [6.45, 7) is 5.45. The second kappa shape index (κ2) is 10.5. The van der Waals surface area contributed by atoms with Crippen molar-refractivity contribution in [2.45, 2.75) is 26.3 Å². The normalized spacial score (nSPS) is 17.6. The largest absolute Gasteiger partial charge is 0.507 e. The first-order valence-corrected chi connectivity index (χ1v) is 11.1. The van der Waals surface area contributed by atoms with Gasteiger partial charge in [-0.15, -0.1) is 0 Å². The molecule has 0 saturated carbocycles. The Hall–Kier alpha value is -3.32. The molecule has 1 N–H and O–H groups in total. The van der Waals surface area contributed by atoms with Crippen LogP contribution in [0.15, 0.2) is 48.0 Å². The Labute approximate surface area is 195 Å². The molecule has 176 valence electrons. The first-order valence-electron chi connectivity index (χ1n) is 11.1. The van der Waals surface area contributed by atoms with Gasteiger partial charge in [0.05, 0.1) is 25.3 Å². The lowest BCUT2D eigenvalue weighted by atomic mass is 9.93. The van der Waals surface area contributed by atoms with Crippen molar-refractivity contribution in [3.8, 4) is 11.5 Å². The number of aliphatic hydroxyl groups is 1. The number of benzene rings is 2. The number of methoxy groups -OCH3 is 1. The zero-order chi connectivity index (χ0) is 24.1. The van der Waals surface area contributed by atoms with E-state index in [-0.39, 0.29) is 11.3 Å². The van der Waals surface area contributed by atoms with Crippen LogP contribution in [0.4, 0.5) is 0 Å². The van der Waals surface area contributed by atoms with Gasteiger partial charge in [0.2, 0.25) is 0 Å². The van der Waals surface area contributed by atoms with Gasteiger partial charge in [0.25, 0.3) is 11.7 Å². The molecule has 33 heavy (non-hydrogen) atoms. The Morgan fingerprint density at radius 1 is 1.09 bits per heavy atom. The number of amides is 1. The summed E-state index contributed by atoms with van der Waals surface area (Å²) in [6.07, 6.45) is 0.704. The molecule has 1 aliphatic heterocycles. The molecule has 7 heteroatoms. The van der Waals surface area contributed by atoms with Gasteiger partial charge in [0.1, 0.15) is 17.3 Å². The predicted octanol–water partition coefficient (Wildman–Crippen LogP) is 3.78. The van der Waals surface area contributed by atoms with E-state index in [0.29, 0.717) is 36.6 Å². The molecule has 3 rings (SSSR count). The van der Waals surface area contributed by atoms with Crippen LogP contribution in [0.5, 0.6) is 11.5 Å². The lowest BCUT2D eigenvalue weighted by molar-refractivity contribution is -0.139. The Kier molecular flexibility index (Phi) is 7.76. The fourth-order valence-electron chi connectivity index (χ4n) is 4.10. The number of carbonyl (C=O) groups excluding carboxylic acids is 2. The molecule has 0 radical (unpaired) electrons. The number of carbonyl (C=O) groups is 2. The highest BCUT2D eigenvalue weighted by Crippen LogP contribution is 2.40. The summed E-state index contributed by atoms with van der Waals surface area (Å²) >= 11 is 0. The third-order valence-corrected chi connectivity index (χ3v) is 5.74. The van der Waals surface area contributed by atoms with Crippen LogP contribution in [-0.4, -0.2) is 67.5 Å². The number of aliphatic hydroxyl groups excluding tert-OH is 1. The average molecular weight is 453 g/mol. The first kappa shape index (κ1) is 24.3. The number of ketones is 1. The molecule has 1 fully saturated rings. The van der Waals surface area contributed by atoms with Gasteiger partial charge in [-0.25, -0.2) is 0 Å². The molecule has 0 bridgehead atoms. The SMILES string of the molecule is CCOc1ccc([C@@H]2/C(=C(\O)c3ccc(OC)cc3C)C(=O)C(=O)N2CCCN(C)C)cc1. The molecular formula is C26H32N2O5. The molecule has 1 heterocycles. The number of Topliss-reactive ketones (excluding diaryl/α,β-unsaturated/α-hetero) is 1. The number of aryl methyl sites for hydroxylation is 1. The summed E-state index contributed by atoms with van der Waals surface area (Å²) in [5, 5.41) is 11.3. The number of nitrogens with zero attached hydrogens (tertiary/aromatic N) is 2. The quantitative estimate of drug-likeness (QED) is 0.354. The van der Waals surface area contributed by atoms with Crippen molar-refractivity contribution in [1.82, 2.24) is 9.80 Å². The van der Waals surface area contributed by atoms with Gasteiger partial charge in [-0.1, -0.05) is 12.1 Å². The highest BCUT2D eigenvalue weighted by Gasteiger charge is 2.45. The average Bonchev–Trinajstić information content (AvgIpc) is 3.04. The Bertz CT molecular complexity index is 1040. The van der Waals surface area contributed by atoms with Crippen molar-refractivity contribution < 1.29 is 24.2 Å². The van der Waals surface area contributed by atoms with Crippen molar-refractivity contribution in [1.29, 1.82) is 0 Å². The molecule has 7 nitrogen and oxygen atoms in total. The molecule has 0 unspecified atom stereocenters. The van der Waals surface area contributed by atoms with Crippen LogP contribution >= 0.6 is 0 Å². The summed E-state index contributed by atoms with van der Waals surface area (Å²) in [7, 11) is 5.49. The predicted molar refractivity (Wildman–Crippen MR) is 128 cm³/mol. The smallest absolute Gasteiger partial charge is 0.295 e. The zero-order valence-corrected chi connectivity index (χ0v) is 19.9. The maximum absolute atomic E-state index is 13.1. The Balaban J connectivity index is 2.09. The van der Waals surface area contributed by atoms with Crippen molar-refractivity contribution >= 4 is 17.4 Å². The minimum absolute atomic E-state index is 0.0993. The number of hydrogen-bond donors (Lipinski definition) is 1. The highest BCUT2D eigenvalue weighted by molar-refractivity contribution is 6.46. The van der Waals surface area contributed by atoms with E-state index in [2.05, 4.69) is 0 Å². The van der Waals surface area contributed by atoms with Gasteiger partial charge in [0, 0.05) is 12.1 Å². The number of likely N-dealkylation sites (tertiary alicyclic amines) is 1. The molecule has 2 aromatic rings. The van der Waals surface area contributed by atoms with Crippen LogP contribution in [0.1, 0.15) is 36.1 Å². The topological polar surface area (TPSA) is 79.3 Å². The van der Waals surface area contributed by atoms with Crippen LogP contribution < -0.4 is 9.47 Å². The molecule has 1 atom stereocenters. The fraction of sp³-hybridized carbons (Fsp3) is 0.385. The van der Waals surface area contributed by atoms with Crippen molar-refractivity contribution in [2.75, 3.05) is 40.9 Å². The van der Waals surface area contributed by atoms with Crippen LogP contribution in [-0.2, 0) is 9.59 Å². The Morgan fingerprint density at radius 3 is 2.33 bits per heavy atom. The van der Waals surface area contributed by atoms with Crippen LogP contribution in [0.3, 0.4) is 0 Å². The minimum atomic E-state index is -0.677. The second-order valence-electron chi connectivity index (χ2n) is 8.33. The van der Waals surface area contributed by atoms with Crippen molar-refractivity contribution in [3.63, 3.8) is 0 Å². The van der Waals surface area contributed by atoms with Crippen LogP contribution in [0.2, 0.25) is 0 Å². The van der Waals surface area contributed by atoms with Gasteiger partial charge >= 0.3 is 0 Å². The molecule has 1 amide bonds. The Morgan fingerprint density at radius 2 is 1.76 bits per heavy atom. The summed E-state index contributed by atoms with van der Waals surface area (Å²) < 4.78 is 10.8. The van der Waals surface area contributed by atoms with E-state index in [1.54, 1.807) is 30.2 Å². The van der Waals surface area contributed by atoms with Gasteiger partial charge in [-0.3, -0.25) is 9.59 Å². The lowest BCUT2D eigenvalue weighted by Gasteiger charge is -2.26. The van der Waals surface area contributed by atoms with E-state index >= 15 is 0 Å². The van der Waals surface area contributed by atoms with E-state index in [4.69, 9.17) is 9.47 Å². The monoisotopic (exact) mass is 452 g/mol. The summed E-state index contributed by atoms with van der Waals surface area (Å²) in [5.74, 6) is -0.0950. The third kappa shape index (κ3) is 5.20. The maximum atomic E-state index is 13.1. The van der Waals surface area contributed by atoms with E-state index < -0.39 is 17.7 Å². The highest BCUT2D eigenvalue weighted by atomic mass is 16.5. The molecule has 2 aromatic carbocycles. The molecule has 0 aliphatic carbocycles. The number of hydrogen-bond acceptors (Lipinski definition) is 6. The van der Waals surface area contributed by atoms with E-state index in [1.165, 1.54) is 0 Å². The van der Waals surface area contributed by atoms with E-state index in [1.807, 2.05) is 57.1 Å². The number of rotatable bonds is 9. The summed E-state index contributed by atoms with van der Waals surface area (Å²) in [6, 6.07) is 11.9.